The van der Waals surface area contributed by atoms with Gasteiger partial charge in [-0.25, -0.2) is 4.79 Å². The van der Waals surface area contributed by atoms with Gasteiger partial charge in [0, 0.05) is 26.2 Å². The van der Waals surface area contributed by atoms with Crippen LogP contribution in [0.1, 0.15) is 56.1 Å². The summed E-state index contributed by atoms with van der Waals surface area (Å²) in [6.07, 6.45) is 7.38. The van der Waals surface area contributed by atoms with Gasteiger partial charge in [0.05, 0.1) is 25.0 Å². The molecule has 1 saturated carbocycles. The van der Waals surface area contributed by atoms with Gasteiger partial charge in [0.15, 0.2) is 0 Å². The monoisotopic (exact) mass is 463 g/mol. The van der Waals surface area contributed by atoms with E-state index in [1.807, 2.05) is 25.1 Å². The molecule has 3 atom stereocenters. The number of hydrogen-bond donors (Lipinski definition) is 1. The third-order valence-electron chi connectivity index (χ3n) is 6.91. The molecule has 0 aromatic heterocycles. The summed E-state index contributed by atoms with van der Waals surface area (Å²) in [7, 11) is -0.676. The minimum absolute atomic E-state index is 0.108. The molecular formula is C23H33N3O5S. The molecule has 9 heteroatoms. The predicted octanol–water partition coefficient (Wildman–Crippen LogP) is 3.08. The van der Waals surface area contributed by atoms with Crippen LogP contribution in [-0.4, -0.2) is 68.6 Å². The van der Waals surface area contributed by atoms with E-state index >= 15 is 0 Å². The topological polar surface area (TPSA) is 88.2 Å². The van der Waals surface area contributed by atoms with Crippen molar-refractivity contribution in [2.45, 2.75) is 69.2 Å². The second-order valence-electron chi connectivity index (χ2n) is 9.19. The van der Waals surface area contributed by atoms with Gasteiger partial charge in [0.25, 0.3) is 10.2 Å². The van der Waals surface area contributed by atoms with E-state index in [4.69, 9.17) is 9.47 Å². The lowest BCUT2D eigenvalue weighted by atomic mass is 9.81. The Hall–Kier alpha value is -1.94. The number of carbonyl (C=O) groups is 1. The number of benzene rings is 1. The van der Waals surface area contributed by atoms with Crippen molar-refractivity contribution < 1.29 is 22.7 Å². The first-order valence-electron chi connectivity index (χ1n) is 11.3. The van der Waals surface area contributed by atoms with Crippen molar-refractivity contribution >= 4 is 22.4 Å². The van der Waals surface area contributed by atoms with Crippen LogP contribution in [0.15, 0.2) is 30.5 Å². The average molecular weight is 464 g/mol. The largest absolute Gasteiger partial charge is 0.418 e. The molecule has 176 valence electrons. The molecule has 2 bridgehead atoms. The SMILES string of the molecule is C[C@@H]1C[C@H](NS(=O)(=O)N(C)C)[C@@H]2COC3CCC(CC3)c3ccccc3/C=C\OC(=O)N12. The molecule has 3 heterocycles. The molecule has 0 spiro atoms. The number of amides is 1. The number of nitrogens with zero attached hydrogens (tertiary/aromatic N) is 2. The van der Waals surface area contributed by atoms with E-state index in [1.165, 1.54) is 25.9 Å². The first kappa shape index (κ1) is 23.2. The molecule has 4 aliphatic rings. The number of fused-ring (bicyclic) bond motifs is 5. The Kier molecular flexibility index (Phi) is 6.90. The second kappa shape index (κ2) is 9.51. The molecule has 0 unspecified atom stereocenters. The molecule has 8 nitrogen and oxygen atoms in total. The Morgan fingerprint density at radius 1 is 1.12 bits per heavy atom. The van der Waals surface area contributed by atoms with Crippen molar-refractivity contribution in [2.75, 3.05) is 20.7 Å². The van der Waals surface area contributed by atoms with Gasteiger partial charge in [-0.15, -0.1) is 0 Å². The Bertz CT molecular complexity index is 956. The molecule has 32 heavy (non-hydrogen) atoms. The van der Waals surface area contributed by atoms with E-state index in [0.29, 0.717) is 12.3 Å². The number of carbonyl (C=O) groups excluding carboxylic acids is 1. The molecule has 3 aliphatic heterocycles. The summed E-state index contributed by atoms with van der Waals surface area (Å²) < 4.78 is 40.6. The summed E-state index contributed by atoms with van der Waals surface area (Å²) in [5.41, 5.74) is 2.34. The van der Waals surface area contributed by atoms with Crippen LogP contribution in [0.5, 0.6) is 0 Å². The van der Waals surface area contributed by atoms with Gasteiger partial charge in [-0.1, -0.05) is 24.3 Å². The number of nitrogens with one attached hydrogen (secondary N) is 1. The fraction of sp³-hybridized carbons (Fsp3) is 0.609. The van der Waals surface area contributed by atoms with Gasteiger partial charge in [0.2, 0.25) is 0 Å². The first-order valence-corrected chi connectivity index (χ1v) is 12.8. The van der Waals surface area contributed by atoms with Crippen LogP contribution in [0.2, 0.25) is 0 Å². The lowest BCUT2D eigenvalue weighted by Crippen LogP contribution is -2.52. The van der Waals surface area contributed by atoms with E-state index in [2.05, 4.69) is 16.9 Å². The summed E-state index contributed by atoms with van der Waals surface area (Å²) in [5, 5.41) is 0. The van der Waals surface area contributed by atoms with Crippen LogP contribution in [0.25, 0.3) is 6.08 Å². The highest BCUT2D eigenvalue weighted by molar-refractivity contribution is 7.87. The van der Waals surface area contributed by atoms with E-state index in [1.54, 1.807) is 4.90 Å². The normalized spacial score (nSPS) is 32.2. The predicted molar refractivity (Wildman–Crippen MR) is 122 cm³/mol. The van der Waals surface area contributed by atoms with Crippen LogP contribution in [-0.2, 0) is 19.7 Å². The smallest absolute Gasteiger partial charge is 0.415 e. The Morgan fingerprint density at radius 2 is 1.84 bits per heavy atom. The lowest BCUT2D eigenvalue weighted by Gasteiger charge is -2.34. The molecule has 2 fully saturated rings. The van der Waals surface area contributed by atoms with Crippen LogP contribution < -0.4 is 4.72 Å². The standard InChI is InChI=1S/C23H33N3O5S/c1-16-14-21(24-32(28,29)25(2)3)22-15-31-19-10-8-18(9-11-19)20-7-5-4-6-17(20)12-13-30-23(27)26(16)22/h4-7,12-13,16,18-19,21-22,24H,8-11,14-15H2,1-3H3/b13-12-/t16-,18?,19?,21+,22+/m1/s1. The van der Waals surface area contributed by atoms with Crippen molar-refractivity contribution in [3.63, 3.8) is 0 Å². The van der Waals surface area contributed by atoms with Gasteiger partial charge in [0.1, 0.15) is 0 Å². The van der Waals surface area contributed by atoms with Crippen LogP contribution in [0.4, 0.5) is 4.79 Å². The summed E-state index contributed by atoms with van der Waals surface area (Å²) in [6.45, 7) is 2.18. The molecule has 1 amide bonds. The van der Waals surface area contributed by atoms with Crippen LogP contribution in [0, 0.1) is 0 Å². The minimum atomic E-state index is -3.64. The molecule has 1 aromatic carbocycles. The van der Waals surface area contributed by atoms with Gasteiger partial charge < -0.3 is 9.47 Å². The zero-order valence-electron chi connectivity index (χ0n) is 18.9. The van der Waals surface area contributed by atoms with Gasteiger partial charge >= 0.3 is 6.09 Å². The molecule has 0 radical (unpaired) electrons. The fourth-order valence-electron chi connectivity index (χ4n) is 5.13. The third kappa shape index (κ3) is 4.85. The Morgan fingerprint density at radius 3 is 2.56 bits per heavy atom. The molecular weight excluding hydrogens is 430 g/mol. The average Bonchev–Trinajstić information content (AvgIpc) is 3.06. The zero-order valence-corrected chi connectivity index (χ0v) is 19.8. The van der Waals surface area contributed by atoms with Crippen molar-refractivity contribution in [1.82, 2.24) is 13.9 Å². The molecule has 1 aromatic rings. The number of hydrogen-bond acceptors (Lipinski definition) is 5. The van der Waals surface area contributed by atoms with Crippen LogP contribution in [0.3, 0.4) is 0 Å². The maximum absolute atomic E-state index is 13.0. The minimum Gasteiger partial charge on any atom is -0.418 e. The van der Waals surface area contributed by atoms with E-state index in [9.17, 15) is 13.2 Å². The molecule has 1 saturated heterocycles. The summed E-state index contributed by atoms with van der Waals surface area (Å²) in [5.74, 6) is 0.456. The zero-order chi connectivity index (χ0) is 22.9. The van der Waals surface area contributed by atoms with Crippen molar-refractivity contribution in [3.8, 4) is 0 Å². The molecule has 1 aliphatic carbocycles. The highest BCUT2D eigenvalue weighted by Gasteiger charge is 2.45. The Balaban J connectivity index is 1.62. The summed E-state index contributed by atoms with van der Waals surface area (Å²) >= 11 is 0. The fourth-order valence-corrected chi connectivity index (χ4v) is 5.98. The second-order valence-corrected chi connectivity index (χ2v) is 11.1. The van der Waals surface area contributed by atoms with Crippen LogP contribution >= 0.6 is 0 Å². The maximum atomic E-state index is 13.0. The van der Waals surface area contributed by atoms with E-state index < -0.39 is 28.4 Å². The van der Waals surface area contributed by atoms with Crippen molar-refractivity contribution in [3.05, 3.63) is 41.7 Å². The lowest BCUT2D eigenvalue weighted by molar-refractivity contribution is -0.00763. The van der Waals surface area contributed by atoms with Crippen molar-refractivity contribution in [1.29, 1.82) is 0 Å². The summed E-state index contributed by atoms with van der Waals surface area (Å²) in [4.78, 5) is 14.6. The van der Waals surface area contributed by atoms with E-state index in [0.717, 1.165) is 35.6 Å². The number of rotatable bonds is 3. The first-order chi connectivity index (χ1) is 15.3. The highest BCUT2D eigenvalue weighted by Crippen LogP contribution is 2.37. The van der Waals surface area contributed by atoms with Gasteiger partial charge in [-0.3, -0.25) is 4.90 Å². The van der Waals surface area contributed by atoms with Gasteiger partial charge in [-0.05, 0) is 62.1 Å². The quantitative estimate of drug-likeness (QED) is 0.744. The highest BCUT2D eigenvalue weighted by atomic mass is 32.2. The molecule has 1 N–H and O–H groups in total. The summed E-state index contributed by atoms with van der Waals surface area (Å²) in [6, 6.07) is 7.17. The maximum Gasteiger partial charge on any atom is 0.415 e. The third-order valence-corrected chi connectivity index (χ3v) is 8.47. The number of ether oxygens (including phenoxy) is 2. The molecule has 5 rings (SSSR count). The van der Waals surface area contributed by atoms with E-state index in [-0.39, 0.29) is 18.8 Å². The van der Waals surface area contributed by atoms with Gasteiger partial charge in [-0.2, -0.15) is 17.4 Å². The Labute approximate surface area is 190 Å². The van der Waals surface area contributed by atoms with Crippen molar-refractivity contribution in [2.24, 2.45) is 0 Å².